The number of carbonyl (C=O) groups is 1. The van der Waals surface area contributed by atoms with Crippen molar-refractivity contribution in [3.05, 3.63) is 54.0 Å². The van der Waals surface area contributed by atoms with Gasteiger partial charge in [0, 0.05) is 25.7 Å². The summed E-state index contributed by atoms with van der Waals surface area (Å²) in [5.74, 6) is 0.805. The zero-order chi connectivity index (χ0) is 17.8. The Hall–Kier alpha value is -2.63. The molecule has 0 aliphatic carbocycles. The van der Waals surface area contributed by atoms with Gasteiger partial charge in [-0.05, 0) is 37.6 Å². The van der Waals surface area contributed by atoms with Crippen molar-refractivity contribution < 1.29 is 13.9 Å². The number of aryl methyl sites for hydroxylation is 1. The first-order valence-corrected chi connectivity index (χ1v) is 8.40. The largest absolute Gasteiger partial charge is 0.484 e. The number of hydrogen-bond acceptors (Lipinski definition) is 4. The molecule has 1 aliphatic heterocycles. The van der Waals surface area contributed by atoms with Crippen LogP contribution in [0, 0.1) is 12.9 Å². The van der Waals surface area contributed by atoms with Gasteiger partial charge in [0.05, 0.1) is 0 Å². The molecule has 2 heterocycles. The summed E-state index contributed by atoms with van der Waals surface area (Å²) in [6.07, 6.45) is 0. The topological polar surface area (TPSA) is 45.7 Å². The molecule has 1 unspecified atom stereocenters. The minimum absolute atomic E-state index is 0.0236. The molecule has 6 heteroatoms. The van der Waals surface area contributed by atoms with Crippen LogP contribution in [0.15, 0.2) is 42.5 Å². The van der Waals surface area contributed by atoms with E-state index in [1.807, 2.05) is 43.0 Å². The number of benzene rings is 1. The van der Waals surface area contributed by atoms with Crippen LogP contribution in [0.1, 0.15) is 12.5 Å². The monoisotopic (exact) mass is 343 g/mol. The van der Waals surface area contributed by atoms with Crippen molar-refractivity contribution in [1.29, 1.82) is 0 Å². The number of ether oxygens (including phenoxy) is 1. The van der Waals surface area contributed by atoms with Crippen molar-refractivity contribution >= 4 is 11.7 Å². The summed E-state index contributed by atoms with van der Waals surface area (Å²) < 4.78 is 19.0. The fraction of sp³-hybridized carbons (Fsp3) is 0.368. The summed E-state index contributed by atoms with van der Waals surface area (Å²) in [5.41, 5.74) is 1.01. The Kier molecular flexibility index (Phi) is 5.16. The lowest BCUT2D eigenvalue weighted by molar-refractivity contribution is -0.134. The van der Waals surface area contributed by atoms with E-state index in [2.05, 4.69) is 4.98 Å². The predicted molar refractivity (Wildman–Crippen MR) is 94.3 cm³/mol. The standard InChI is InChI=1S/C19H22FN3O2/c1-14-6-3-4-7-16(14)25-13-19(24)22-10-11-23(15(2)12-22)18-9-5-8-17(20)21-18/h3-9,15H,10-13H2,1-2H3. The molecule has 0 N–H and O–H groups in total. The first kappa shape index (κ1) is 17.2. The van der Waals surface area contributed by atoms with Gasteiger partial charge in [-0.25, -0.2) is 4.98 Å². The quantitative estimate of drug-likeness (QED) is 0.801. The number of aromatic nitrogens is 1. The molecule has 25 heavy (non-hydrogen) atoms. The van der Waals surface area contributed by atoms with Crippen molar-refractivity contribution in [3.63, 3.8) is 0 Å². The molecule has 3 rings (SSSR count). The Balaban J connectivity index is 1.57. The van der Waals surface area contributed by atoms with Gasteiger partial charge in [-0.15, -0.1) is 0 Å². The van der Waals surface area contributed by atoms with Crippen LogP contribution in [0.3, 0.4) is 0 Å². The van der Waals surface area contributed by atoms with Crippen molar-refractivity contribution in [2.24, 2.45) is 0 Å². The van der Waals surface area contributed by atoms with Crippen LogP contribution in [0.25, 0.3) is 0 Å². The van der Waals surface area contributed by atoms with Gasteiger partial charge in [0.2, 0.25) is 5.95 Å². The van der Waals surface area contributed by atoms with Crippen LogP contribution in [0.2, 0.25) is 0 Å². The second kappa shape index (κ2) is 7.51. The molecule has 1 atom stereocenters. The molecule has 1 aromatic carbocycles. The third-order valence-corrected chi connectivity index (χ3v) is 4.42. The van der Waals surface area contributed by atoms with Gasteiger partial charge in [0.15, 0.2) is 6.61 Å². The van der Waals surface area contributed by atoms with Gasteiger partial charge >= 0.3 is 0 Å². The van der Waals surface area contributed by atoms with Crippen LogP contribution in [-0.2, 0) is 4.79 Å². The van der Waals surface area contributed by atoms with Crippen LogP contribution in [0.4, 0.5) is 10.2 Å². The molecule has 1 aliphatic rings. The highest BCUT2D eigenvalue weighted by Crippen LogP contribution is 2.19. The Labute approximate surface area is 147 Å². The maximum atomic E-state index is 13.3. The molecule has 1 saturated heterocycles. The summed E-state index contributed by atoms with van der Waals surface area (Å²) in [7, 11) is 0. The molecule has 2 aromatic rings. The molecule has 1 aromatic heterocycles. The predicted octanol–water partition coefficient (Wildman–Crippen LogP) is 2.65. The van der Waals surface area contributed by atoms with Crippen molar-refractivity contribution in [1.82, 2.24) is 9.88 Å². The molecule has 1 fully saturated rings. The van der Waals surface area contributed by atoms with Gasteiger partial charge in [0.25, 0.3) is 5.91 Å². The molecule has 0 bridgehead atoms. The second-order valence-corrected chi connectivity index (χ2v) is 6.25. The Morgan fingerprint density at radius 1 is 1.24 bits per heavy atom. The molecule has 0 radical (unpaired) electrons. The number of amides is 1. The third kappa shape index (κ3) is 4.07. The highest BCUT2D eigenvalue weighted by Gasteiger charge is 2.27. The molecule has 0 saturated carbocycles. The molecule has 5 nitrogen and oxygen atoms in total. The number of nitrogens with zero attached hydrogens (tertiary/aromatic N) is 3. The van der Waals surface area contributed by atoms with E-state index in [0.29, 0.717) is 25.5 Å². The molecular weight excluding hydrogens is 321 g/mol. The summed E-state index contributed by atoms with van der Waals surface area (Å²) in [4.78, 5) is 20.2. The lowest BCUT2D eigenvalue weighted by Gasteiger charge is -2.40. The minimum atomic E-state index is -0.491. The smallest absolute Gasteiger partial charge is 0.260 e. The first-order valence-electron chi connectivity index (χ1n) is 8.40. The zero-order valence-corrected chi connectivity index (χ0v) is 14.5. The van der Waals surface area contributed by atoms with Gasteiger partial charge < -0.3 is 14.5 Å². The molecular formula is C19H22FN3O2. The Bertz CT molecular complexity index is 753. The van der Waals surface area contributed by atoms with Crippen molar-refractivity contribution in [3.8, 4) is 5.75 Å². The van der Waals surface area contributed by atoms with E-state index in [1.165, 1.54) is 6.07 Å². The number of para-hydroxylation sites is 1. The second-order valence-electron chi connectivity index (χ2n) is 6.25. The number of anilines is 1. The summed E-state index contributed by atoms with van der Waals surface area (Å²) >= 11 is 0. The van der Waals surface area contributed by atoms with E-state index in [9.17, 15) is 9.18 Å². The van der Waals surface area contributed by atoms with Gasteiger partial charge in [-0.3, -0.25) is 4.79 Å². The summed E-state index contributed by atoms with van der Waals surface area (Å²) in [6, 6.07) is 12.5. The normalized spacial score (nSPS) is 17.5. The lowest BCUT2D eigenvalue weighted by Crippen LogP contribution is -2.55. The van der Waals surface area contributed by atoms with Crippen LogP contribution in [-0.4, -0.2) is 48.1 Å². The maximum absolute atomic E-state index is 13.3. The van der Waals surface area contributed by atoms with Crippen LogP contribution < -0.4 is 9.64 Å². The van der Waals surface area contributed by atoms with E-state index in [-0.39, 0.29) is 18.6 Å². The Morgan fingerprint density at radius 3 is 2.76 bits per heavy atom. The van der Waals surface area contributed by atoms with Gasteiger partial charge in [-0.1, -0.05) is 24.3 Å². The van der Waals surface area contributed by atoms with Crippen molar-refractivity contribution in [2.45, 2.75) is 19.9 Å². The highest BCUT2D eigenvalue weighted by atomic mass is 19.1. The SMILES string of the molecule is Cc1ccccc1OCC(=O)N1CCN(c2cccc(F)n2)C(C)C1. The number of piperazine rings is 1. The molecule has 132 valence electrons. The van der Waals surface area contributed by atoms with E-state index in [0.717, 1.165) is 11.3 Å². The highest BCUT2D eigenvalue weighted by molar-refractivity contribution is 5.78. The van der Waals surface area contributed by atoms with E-state index >= 15 is 0 Å². The number of halogens is 1. The van der Waals surface area contributed by atoms with Gasteiger partial charge in [-0.2, -0.15) is 4.39 Å². The Morgan fingerprint density at radius 2 is 2.04 bits per heavy atom. The average Bonchev–Trinajstić information content (AvgIpc) is 2.60. The average molecular weight is 343 g/mol. The van der Waals surface area contributed by atoms with Gasteiger partial charge in [0.1, 0.15) is 11.6 Å². The fourth-order valence-electron chi connectivity index (χ4n) is 3.03. The van der Waals surface area contributed by atoms with E-state index < -0.39 is 5.95 Å². The third-order valence-electron chi connectivity index (χ3n) is 4.42. The number of carbonyl (C=O) groups excluding carboxylic acids is 1. The van der Waals surface area contributed by atoms with Crippen molar-refractivity contribution in [2.75, 3.05) is 31.1 Å². The van der Waals surface area contributed by atoms with E-state index in [1.54, 1.807) is 17.0 Å². The molecule has 1 amide bonds. The lowest BCUT2D eigenvalue weighted by atomic mass is 10.2. The zero-order valence-electron chi connectivity index (χ0n) is 14.5. The van der Waals surface area contributed by atoms with Crippen LogP contribution >= 0.6 is 0 Å². The summed E-state index contributed by atoms with van der Waals surface area (Å²) in [5, 5.41) is 0. The maximum Gasteiger partial charge on any atom is 0.260 e. The summed E-state index contributed by atoms with van der Waals surface area (Å²) in [6.45, 7) is 5.73. The molecule has 0 spiro atoms. The van der Waals surface area contributed by atoms with E-state index in [4.69, 9.17) is 4.74 Å². The fourth-order valence-corrected chi connectivity index (χ4v) is 3.03. The van der Waals surface area contributed by atoms with Crippen LogP contribution in [0.5, 0.6) is 5.75 Å². The number of rotatable bonds is 4. The minimum Gasteiger partial charge on any atom is -0.484 e. The number of hydrogen-bond donors (Lipinski definition) is 0. The number of pyridine rings is 1. The first-order chi connectivity index (χ1) is 12.0.